The summed E-state index contributed by atoms with van der Waals surface area (Å²) < 4.78 is 5.58. The Labute approximate surface area is 457 Å². The molecule has 3 N–H and O–H groups in total. The quantitative estimate of drug-likeness (QED) is 0.0954. The number of phenols is 3. The molecular weight excluding hydrogens is 977 g/mol. The van der Waals surface area contributed by atoms with Gasteiger partial charge in [-0.3, -0.25) is 0 Å². The van der Waals surface area contributed by atoms with E-state index in [-0.39, 0.29) is 17.2 Å². The van der Waals surface area contributed by atoms with Crippen molar-refractivity contribution in [1.82, 2.24) is 29.9 Å². The lowest BCUT2D eigenvalue weighted by Gasteiger charge is -2.11. The molecule has 0 atom stereocenters. The lowest BCUT2D eigenvalue weighted by Crippen LogP contribution is -2.01. The van der Waals surface area contributed by atoms with Crippen LogP contribution < -0.4 is 4.74 Å². The minimum atomic E-state index is -0.105. The van der Waals surface area contributed by atoms with E-state index in [4.69, 9.17) is 34.6 Å². The van der Waals surface area contributed by atoms with E-state index < -0.39 is 0 Å². The molecule has 0 saturated heterocycles. The number of hydrogen-bond acceptors (Lipinski definition) is 10. The van der Waals surface area contributed by atoms with Gasteiger partial charge in [0.15, 0.2) is 34.9 Å². The molecule has 79 heavy (non-hydrogen) atoms. The molecule has 0 unspecified atom stereocenters. The maximum atomic E-state index is 10.9. The van der Waals surface area contributed by atoms with Crippen molar-refractivity contribution in [3.63, 3.8) is 0 Å². The van der Waals surface area contributed by atoms with Gasteiger partial charge >= 0.3 is 0 Å². The second kappa shape index (κ2) is 23.4. The average Bonchev–Trinajstić information content (AvgIpc) is 3.57. The second-order valence-electron chi connectivity index (χ2n) is 18.4. The first-order chi connectivity index (χ1) is 38.8. The van der Waals surface area contributed by atoms with E-state index in [0.717, 1.165) is 66.8 Å². The van der Waals surface area contributed by atoms with Crippen LogP contribution >= 0.6 is 0 Å². The van der Waals surface area contributed by atoms with Gasteiger partial charge in [-0.1, -0.05) is 231 Å². The third-order valence-electron chi connectivity index (χ3n) is 13.1. The predicted molar refractivity (Wildman–Crippen MR) is 315 cm³/mol. The molecule has 0 aliphatic carbocycles. The largest absolute Gasteiger partial charge is 0.508 e. The Morgan fingerprint density at radius 3 is 0.848 bits per heavy atom. The Morgan fingerprint density at radius 2 is 0.557 bits per heavy atom. The van der Waals surface area contributed by atoms with Gasteiger partial charge in [-0.2, -0.15) is 0 Å². The molecule has 10 heteroatoms. The van der Waals surface area contributed by atoms with Gasteiger partial charge < -0.3 is 20.1 Å². The minimum absolute atomic E-state index is 0.0218. The van der Waals surface area contributed by atoms with Crippen LogP contribution in [-0.2, 0) is 0 Å². The molecule has 0 saturated carbocycles. The first-order valence-corrected chi connectivity index (χ1v) is 25.6. The zero-order valence-electron chi connectivity index (χ0n) is 42.7. The molecule has 0 fully saturated rings. The van der Waals surface area contributed by atoms with E-state index in [2.05, 4.69) is 79.4 Å². The van der Waals surface area contributed by atoms with Crippen LogP contribution in [-0.4, -0.2) is 51.8 Å². The Morgan fingerprint density at radius 1 is 0.291 bits per heavy atom. The van der Waals surface area contributed by atoms with Crippen LogP contribution in [0.25, 0.3) is 113 Å². The van der Waals surface area contributed by atoms with Gasteiger partial charge in [0, 0.05) is 34.4 Å². The van der Waals surface area contributed by atoms with E-state index in [1.807, 2.05) is 146 Å². The van der Waals surface area contributed by atoms with Gasteiger partial charge in [-0.05, 0) is 68.8 Å². The van der Waals surface area contributed by atoms with Crippen molar-refractivity contribution in [2.75, 3.05) is 6.61 Å². The molecule has 0 radical (unpaired) electrons. The van der Waals surface area contributed by atoms with E-state index in [9.17, 15) is 15.3 Å². The molecule has 12 rings (SSSR count). The lowest BCUT2D eigenvalue weighted by atomic mass is 10.0. The Bertz CT molecular complexity index is 3810. The summed E-state index contributed by atoms with van der Waals surface area (Å²) >= 11 is 0. The number of ether oxygens (including phenoxy) is 1. The van der Waals surface area contributed by atoms with E-state index in [0.29, 0.717) is 58.4 Å². The first kappa shape index (κ1) is 50.3. The van der Waals surface area contributed by atoms with Crippen molar-refractivity contribution < 1.29 is 20.1 Å². The first-order valence-electron chi connectivity index (χ1n) is 25.6. The summed E-state index contributed by atoms with van der Waals surface area (Å²) in [5.41, 5.74) is 13.2. The molecule has 0 aliphatic rings. The Kier molecular flexibility index (Phi) is 14.9. The third kappa shape index (κ3) is 11.8. The van der Waals surface area contributed by atoms with E-state index in [1.54, 1.807) is 30.3 Å². The summed E-state index contributed by atoms with van der Waals surface area (Å²) in [7, 11) is 0. The summed E-state index contributed by atoms with van der Waals surface area (Å²) in [6.45, 7) is 4.02. The molecular formula is C69H50N6O4. The van der Waals surface area contributed by atoms with Crippen LogP contribution in [0.15, 0.2) is 267 Å². The van der Waals surface area contributed by atoms with E-state index >= 15 is 0 Å². The number of phenolic OH excluding ortho intramolecular Hbond substituents is 3. The number of aromatic nitrogens is 6. The molecule has 0 amide bonds. The van der Waals surface area contributed by atoms with E-state index in [1.165, 1.54) is 12.1 Å². The topological polar surface area (TPSA) is 147 Å². The maximum absolute atomic E-state index is 10.9. The van der Waals surface area contributed by atoms with Crippen LogP contribution in [0.1, 0.15) is 0 Å². The number of rotatable bonds is 13. The smallest absolute Gasteiger partial charge is 0.167 e. The highest BCUT2D eigenvalue weighted by atomic mass is 16.5. The van der Waals surface area contributed by atoms with Gasteiger partial charge in [0.05, 0.1) is 11.1 Å². The molecule has 10 nitrogen and oxygen atoms in total. The fourth-order valence-corrected chi connectivity index (χ4v) is 8.93. The number of aromatic hydroxyl groups is 3. The molecule has 12 aromatic rings. The summed E-state index contributed by atoms with van der Waals surface area (Å²) in [5, 5.41) is 31.2. The van der Waals surface area contributed by atoms with Gasteiger partial charge in [0.1, 0.15) is 29.6 Å². The van der Waals surface area contributed by atoms with Crippen LogP contribution in [0.2, 0.25) is 0 Å². The molecule has 2 aromatic heterocycles. The maximum Gasteiger partial charge on any atom is 0.167 e. The predicted octanol–water partition coefficient (Wildman–Crippen LogP) is 16.1. The van der Waals surface area contributed by atoms with Gasteiger partial charge in [-0.15, -0.1) is 0 Å². The normalized spacial score (nSPS) is 10.8. The Balaban J connectivity index is 0.000000168. The summed E-state index contributed by atoms with van der Waals surface area (Å²) in [5.74, 6) is 3.13. The van der Waals surface area contributed by atoms with Gasteiger partial charge in [0.2, 0.25) is 0 Å². The highest BCUT2D eigenvalue weighted by molar-refractivity contribution is 5.76. The Hall–Kier alpha value is -10.8. The lowest BCUT2D eigenvalue weighted by molar-refractivity contribution is 0.360. The summed E-state index contributed by atoms with van der Waals surface area (Å²) in [6, 6.07) is 82.7. The van der Waals surface area contributed by atoms with Crippen molar-refractivity contribution in [1.29, 1.82) is 0 Å². The summed E-state index contributed by atoms with van der Waals surface area (Å²) in [4.78, 5) is 28.6. The third-order valence-corrected chi connectivity index (χ3v) is 13.1. The molecule has 10 aromatic carbocycles. The fraction of sp³-hybridized carbons (Fsp3) is 0.0145. The number of benzene rings is 10. The number of nitrogens with zero attached hydrogens (tertiary/aromatic N) is 6. The van der Waals surface area contributed by atoms with Crippen molar-refractivity contribution >= 4 is 0 Å². The fourth-order valence-electron chi connectivity index (χ4n) is 8.93. The monoisotopic (exact) mass is 1030 g/mol. The molecule has 0 spiro atoms. The molecule has 0 aliphatic heterocycles. The average molecular weight is 1030 g/mol. The zero-order valence-corrected chi connectivity index (χ0v) is 42.7. The van der Waals surface area contributed by atoms with Crippen LogP contribution in [0.4, 0.5) is 0 Å². The minimum Gasteiger partial charge on any atom is -0.508 e. The molecule has 380 valence electrons. The standard InChI is InChI=1S/C36H27N3O2.C33H23N3O2/c1-2-23-41-31-21-22-32(33(40)24-31)36-38-34(29-17-13-27(14-18-29)25-9-5-3-6-10-25)37-35(39-36)30-19-15-28(16-20-30)26-11-7-4-8-12-26;37-28-19-20-29(30(38)21-28)33-35-31(26-15-11-24(12-16-26)22-7-3-1-4-8-22)34-32(36-33)27-17-13-25(14-18-27)23-9-5-2-6-10-23/h2-22,24,40H,1,23H2;1-21,37-38H. The van der Waals surface area contributed by atoms with Gasteiger partial charge in [-0.25, -0.2) is 29.9 Å². The van der Waals surface area contributed by atoms with Crippen molar-refractivity contribution in [3.8, 4) is 136 Å². The van der Waals surface area contributed by atoms with Crippen molar-refractivity contribution in [3.05, 3.63) is 267 Å². The molecule has 0 bridgehead atoms. The van der Waals surface area contributed by atoms with Crippen LogP contribution in [0, 0.1) is 0 Å². The zero-order chi connectivity index (χ0) is 53.9. The number of hydrogen-bond donors (Lipinski definition) is 3. The van der Waals surface area contributed by atoms with Crippen LogP contribution in [0.5, 0.6) is 23.0 Å². The van der Waals surface area contributed by atoms with Crippen molar-refractivity contribution in [2.45, 2.75) is 0 Å². The van der Waals surface area contributed by atoms with Crippen molar-refractivity contribution in [2.24, 2.45) is 0 Å². The van der Waals surface area contributed by atoms with Crippen LogP contribution in [0.3, 0.4) is 0 Å². The SMILES string of the molecule is C=CCOc1ccc(-c2nc(-c3ccc(-c4ccccc4)cc3)nc(-c3ccc(-c4ccccc4)cc3)n2)c(O)c1.Oc1ccc(-c2nc(-c3ccc(-c4ccccc4)cc3)nc(-c3ccc(-c4ccccc4)cc3)n2)c(O)c1. The highest BCUT2D eigenvalue weighted by Gasteiger charge is 2.18. The molecule has 2 heterocycles. The second-order valence-corrected chi connectivity index (χ2v) is 18.4. The van der Waals surface area contributed by atoms with Gasteiger partial charge in [0.25, 0.3) is 0 Å². The summed E-state index contributed by atoms with van der Waals surface area (Å²) in [6.07, 6.45) is 1.65. The highest BCUT2D eigenvalue weighted by Crippen LogP contribution is 2.36.